The lowest BCUT2D eigenvalue weighted by Gasteiger charge is -2.33. The summed E-state index contributed by atoms with van der Waals surface area (Å²) in [5.41, 5.74) is 3.32. The van der Waals surface area contributed by atoms with Gasteiger partial charge in [-0.15, -0.1) is 11.8 Å². The van der Waals surface area contributed by atoms with E-state index in [4.69, 9.17) is 9.47 Å². The fourth-order valence-electron chi connectivity index (χ4n) is 4.36. The van der Waals surface area contributed by atoms with Crippen molar-refractivity contribution in [1.29, 1.82) is 0 Å². The lowest BCUT2D eigenvalue weighted by atomic mass is 10.0. The number of carbonyl (C=O) groups excluding carboxylic acids is 2. The van der Waals surface area contributed by atoms with E-state index in [1.165, 1.54) is 11.8 Å². The maximum atomic E-state index is 14.0. The van der Waals surface area contributed by atoms with E-state index in [-0.39, 0.29) is 17.6 Å². The van der Waals surface area contributed by atoms with Crippen molar-refractivity contribution in [3.05, 3.63) is 83.9 Å². The molecule has 2 aliphatic rings. The normalized spacial score (nSPS) is 19.6. The maximum absolute atomic E-state index is 14.0. The number of benzene rings is 3. The molecule has 0 aromatic heterocycles. The summed E-state index contributed by atoms with van der Waals surface area (Å²) in [6.07, 6.45) is 0. The molecule has 1 saturated heterocycles. The third kappa shape index (κ3) is 3.04. The van der Waals surface area contributed by atoms with Gasteiger partial charge >= 0.3 is 0 Å². The number of ether oxygens (including phenoxy) is 2. The Bertz CT molecular complexity index is 1180. The number of fused-ring (bicyclic) bond motifs is 2. The van der Waals surface area contributed by atoms with Crippen molar-refractivity contribution in [3.8, 4) is 11.5 Å². The lowest BCUT2D eigenvalue weighted by molar-refractivity contribution is -0.123. The molecule has 0 unspecified atom stereocenters. The summed E-state index contributed by atoms with van der Waals surface area (Å²) in [5, 5.41) is 0. The summed E-state index contributed by atoms with van der Waals surface area (Å²) in [7, 11) is 3.22. The minimum atomic E-state index is -1.12. The zero-order valence-corrected chi connectivity index (χ0v) is 18.6. The summed E-state index contributed by atoms with van der Waals surface area (Å²) in [6, 6.07) is 22.7. The molecular formula is C25H22N2O4S. The molecule has 6 nitrogen and oxygen atoms in total. The third-order valence-electron chi connectivity index (χ3n) is 5.89. The monoisotopic (exact) mass is 446 g/mol. The van der Waals surface area contributed by atoms with E-state index in [1.54, 1.807) is 36.2 Å². The molecule has 1 fully saturated rings. The van der Waals surface area contributed by atoms with Gasteiger partial charge in [0, 0.05) is 11.3 Å². The fourth-order valence-corrected chi connectivity index (χ4v) is 5.72. The van der Waals surface area contributed by atoms with Crippen molar-refractivity contribution >= 4 is 35.0 Å². The highest BCUT2D eigenvalue weighted by Gasteiger charge is 2.60. The average Bonchev–Trinajstić information content (AvgIpc) is 3.30. The van der Waals surface area contributed by atoms with Crippen LogP contribution in [0.25, 0.3) is 0 Å². The molecule has 162 valence electrons. The summed E-state index contributed by atoms with van der Waals surface area (Å²) < 4.78 is 10.5. The van der Waals surface area contributed by atoms with E-state index >= 15 is 0 Å². The van der Waals surface area contributed by atoms with Gasteiger partial charge in [0.2, 0.25) is 10.8 Å². The van der Waals surface area contributed by atoms with Crippen LogP contribution in [0, 0.1) is 0 Å². The Morgan fingerprint density at radius 2 is 1.50 bits per heavy atom. The SMILES string of the molecule is COc1ccc(CN2C(=O)[C@@]3(SCC(=O)N3c3ccc(OC)cc3)c3ccccc32)cc1. The first-order valence-corrected chi connectivity index (χ1v) is 11.2. The zero-order valence-electron chi connectivity index (χ0n) is 17.8. The Morgan fingerprint density at radius 1 is 0.875 bits per heavy atom. The Balaban J connectivity index is 1.58. The van der Waals surface area contributed by atoms with Crippen LogP contribution in [0.15, 0.2) is 72.8 Å². The standard InChI is InChI=1S/C25H22N2O4S/c1-30-19-11-7-17(8-12-19)15-26-22-6-4-3-5-21(22)25(24(26)29)27(23(28)16-32-25)18-9-13-20(31-2)14-10-18/h3-14H,15-16H2,1-2H3/t25-/m0/s1. The molecule has 5 rings (SSSR count). The fraction of sp³-hybridized carbons (Fsp3) is 0.200. The molecule has 1 atom stereocenters. The summed E-state index contributed by atoms with van der Waals surface area (Å²) in [5.74, 6) is 1.50. The van der Waals surface area contributed by atoms with Crippen LogP contribution in [0.2, 0.25) is 0 Å². The number of methoxy groups -OCH3 is 2. The zero-order chi connectivity index (χ0) is 22.3. The number of hydrogen-bond acceptors (Lipinski definition) is 5. The van der Waals surface area contributed by atoms with Gasteiger partial charge in [-0.1, -0.05) is 30.3 Å². The first-order chi connectivity index (χ1) is 15.6. The molecule has 2 aliphatic heterocycles. The summed E-state index contributed by atoms with van der Waals surface area (Å²) in [6.45, 7) is 0.410. The van der Waals surface area contributed by atoms with Crippen molar-refractivity contribution in [3.63, 3.8) is 0 Å². The Morgan fingerprint density at radius 3 is 2.16 bits per heavy atom. The maximum Gasteiger partial charge on any atom is 0.269 e. The highest BCUT2D eigenvalue weighted by molar-refractivity contribution is 8.02. The minimum absolute atomic E-state index is 0.0883. The largest absolute Gasteiger partial charge is 0.497 e. The van der Waals surface area contributed by atoms with Crippen LogP contribution < -0.4 is 19.3 Å². The molecule has 7 heteroatoms. The topological polar surface area (TPSA) is 59.1 Å². The van der Waals surface area contributed by atoms with Crippen molar-refractivity contribution in [2.75, 3.05) is 29.8 Å². The molecule has 0 saturated carbocycles. The van der Waals surface area contributed by atoms with Gasteiger partial charge in [-0.3, -0.25) is 14.5 Å². The van der Waals surface area contributed by atoms with Crippen LogP contribution in [0.3, 0.4) is 0 Å². The van der Waals surface area contributed by atoms with Gasteiger partial charge in [-0.25, -0.2) is 0 Å². The highest BCUT2D eigenvalue weighted by atomic mass is 32.2. The van der Waals surface area contributed by atoms with E-state index in [9.17, 15) is 9.59 Å². The highest BCUT2D eigenvalue weighted by Crippen LogP contribution is 2.56. The number of carbonyl (C=O) groups is 2. The van der Waals surface area contributed by atoms with E-state index in [0.717, 1.165) is 22.6 Å². The molecule has 0 bridgehead atoms. The van der Waals surface area contributed by atoms with Crippen molar-refractivity contribution in [2.24, 2.45) is 0 Å². The smallest absolute Gasteiger partial charge is 0.269 e. The van der Waals surface area contributed by atoms with Crippen LogP contribution in [0.5, 0.6) is 11.5 Å². The molecule has 2 amide bonds. The molecule has 3 aromatic rings. The molecule has 1 spiro atoms. The Labute approximate surface area is 190 Å². The number of amides is 2. The summed E-state index contributed by atoms with van der Waals surface area (Å²) >= 11 is 1.38. The quantitative estimate of drug-likeness (QED) is 0.588. The molecule has 32 heavy (non-hydrogen) atoms. The second kappa shape index (κ2) is 7.91. The first-order valence-electron chi connectivity index (χ1n) is 10.2. The average molecular weight is 447 g/mol. The van der Waals surface area contributed by atoms with Gasteiger partial charge in [0.25, 0.3) is 5.91 Å². The number of hydrogen-bond donors (Lipinski definition) is 0. The number of thioether (sulfide) groups is 1. The van der Waals surface area contributed by atoms with Gasteiger partial charge in [0.1, 0.15) is 11.5 Å². The van der Waals surface area contributed by atoms with Gasteiger partial charge in [0.15, 0.2) is 0 Å². The molecule has 0 radical (unpaired) electrons. The molecule has 3 aromatic carbocycles. The Kier molecular flexibility index (Phi) is 5.06. The van der Waals surface area contributed by atoms with Crippen molar-refractivity contribution < 1.29 is 19.1 Å². The van der Waals surface area contributed by atoms with Crippen LogP contribution in [0.1, 0.15) is 11.1 Å². The lowest BCUT2D eigenvalue weighted by Crippen LogP contribution is -2.49. The van der Waals surface area contributed by atoms with Gasteiger partial charge in [0.05, 0.1) is 32.2 Å². The molecule has 0 N–H and O–H groups in total. The van der Waals surface area contributed by atoms with E-state index in [1.807, 2.05) is 60.7 Å². The molecule has 2 heterocycles. The number of nitrogens with zero attached hydrogens (tertiary/aromatic N) is 2. The second-order valence-electron chi connectivity index (χ2n) is 7.62. The second-order valence-corrected chi connectivity index (χ2v) is 8.78. The van der Waals surface area contributed by atoms with Gasteiger partial charge < -0.3 is 14.4 Å². The van der Waals surface area contributed by atoms with Crippen LogP contribution >= 0.6 is 11.8 Å². The molecular weight excluding hydrogens is 424 g/mol. The van der Waals surface area contributed by atoms with E-state index in [0.29, 0.717) is 18.0 Å². The predicted octanol–water partition coefficient (Wildman–Crippen LogP) is 4.18. The minimum Gasteiger partial charge on any atom is -0.497 e. The van der Waals surface area contributed by atoms with E-state index < -0.39 is 4.87 Å². The number of para-hydroxylation sites is 1. The van der Waals surface area contributed by atoms with Crippen LogP contribution in [0.4, 0.5) is 11.4 Å². The first kappa shape index (κ1) is 20.5. The van der Waals surface area contributed by atoms with E-state index in [2.05, 4.69) is 0 Å². The Hall–Kier alpha value is -3.45. The van der Waals surface area contributed by atoms with Crippen LogP contribution in [-0.2, 0) is 21.0 Å². The van der Waals surface area contributed by atoms with Gasteiger partial charge in [-0.2, -0.15) is 0 Å². The molecule has 0 aliphatic carbocycles. The van der Waals surface area contributed by atoms with Crippen LogP contribution in [-0.4, -0.2) is 31.8 Å². The number of rotatable bonds is 5. The number of anilines is 2. The van der Waals surface area contributed by atoms with Crippen molar-refractivity contribution in [1.82, 2.24) is 0 Å². The van der Waals surface area contributed by atoms with Gasteiger partial charge in [-0.05, 0) is 48.0 Å². The third-order valence-corrected chi connectivity index (χ3v) is 7.28. The summed E-state index contributed by atoms with van der Waals surface area (Å²) in [4.78, 5) is 29.4. The predicted molar refractivity (Wildman–Crippen MR) is 125 cm³/mol. The van der Waals surface area contributed by atoms with Crippen molar-refractivity contribution in [2.45, 2.75) is 11.4 Å².